The van der Waals surface area contributed by atoms with Gasteiger partial charge in [-0.15, -0.1) is 11.3 Å². The minimum Gasteiger partial charge on any atom is -0.383 e. The van der Waals surface area contributed by atoms with Gasteiger partial charge in [-0.2, -0.15) is 0 Å². The van der Waals surface area contributed by atoms with Gasteiger partial charge in [0.15, 0.2) is 0 Å². The molecule has 1 amide bonds. The van der Waals surface area contributed by atoms with Gasteiger partial charge in [-0.05, 0) is 35.9 Å². The van der Waals surface area contributed by atoms with Gasteiger partial charge in [-0.25, -0.2) is 0 Å². The quantitative estimate of drug-likeness (QED) is 0.542. The zero-order valence-corrected chi connectivity index (χ0v) is 16.1. The lowest BCUT2D eigenvalue weighted by Crippen LogP contribution is -2.32. The molecule has 0 aliphatic carbocycles. The van der Waals surface area contributed by atoms with E-state index in [0.29, 0.717) is 19.7 Å². The molecule has 0 saturated carbocycles. The number of carbonyl (C=O) groups excluding carboxylic acids is 1. The van der Waals surface area contributed by atoms with Crippen molar-refractivity contribution in [2.24, 2.45) is 0 Å². The average molecular weight is 378 g/mol. The first kappa shape index (κ1) is 19.0. The van der Waals surface area contributed by atoms with Crippen molar-refractivity contribution < 1.29 is 9.53 Å². The van der Waals surface area contributed by atoms with E-state index >= 15 is 0 Å². The third-order valence-corrected chi connectivity index (χ3v) is 5.13. The van der Waals surface area contributed by atoms with Crippen molar-refractivity contribution >= 4 is 23.3 Å². The second-order valence-electron chi connectivity index (χ2n) is 5.98. The zero-order chi connectivity index (χ0) is 18.9. The highest BCUT2D eigenvalue weighted by Gasteiger charge is 2.12. The van der Waals surface area contributed by atoms with Crippen molar-refractivity contribution in [2.75, 3.05) is 20.3 Å². The highest BCUT2D eigenvalue weighted by molar-refractivity contribution is 7.16. The molecule has 1 aromatic carbocycles. The Morgan fingerprint density at radius 2 is 1.93 bits per heavy atom. The SMILES string of the molecule is COCCN(Cc1ccccn1)C(=O)C=Cc1ccc(-c2ccccc2)s1. The van der Waals surface area contributed by atoms with Gasteiger partial charge in [0, 0.05) is 35.7 Å². The highest BCUT2D eigenvalue weighted by Crippen LogP contribution is 2.28. The number of methoxy groups -OCH3 is 1. The summed E-state index contributed by atoms with van der Waals surface area (Å²) >= 11 is 1.67. The minimum absolute atomic E-state index is 0.0487. The number of benzene rings is 1. The summed E-state index contributed by atoms with van der Waals surface area (Å²) in [6.07, 6.45) is 5.23. The molecule has 2 aromatic heterocycles. The lowest BCUT2D eigenvalue weighted by molar-refractivity contribution is -0.127. The van der Waals surface area contributed by atoms with Crippen LogP contribution in [0.1, 0.15) is 10.6 Å². The van der Waals surface area contributed by atoms with Crippen molar-refractivity contribution in [1.82, 2.24) is 9.88 Å². The van der Waals surface area contributed by atoms with E-state index in [1.165, 1.54) is 10.4 Å². The Morgan fingerprint density at radius 1 is 1.11 bits per heavy atom. The van der Waals surface area contributed by atoms with Gasteiger partial charge in [0.05, 0.1) is 18.8 Å². The molecule has 0 spiro atoms. The van der Waals surface area contributed by atoms with Crippen LogP contribution in [-0.4, -0.2) is 36.1 Å². The smallest absolute Gasteiger partial charge is 0.247 e. The second-order valence-corrected chi connectivity index (χ2v) is 7.09. The largest absolute Gasteiger partial charge is 0.383 e. The first-order valence-electron chi connectivity index (χ1n) is 8.77. The molecule has 0 aliphatic heterocycles. The lowest BCUT2D eigenvalue weighted by atomic mass is 10.2. The number of hydrogen-bond donors (Lipinski definition) is 0. The maximum Gasteiger partial charge on any atom is 0.247 e. The zero-order valence-electron chi connectivity index (χ0n) is 15.2. The number of hydrogen-bond acceptors (Lipinski definition) is 4. The second kappa shape index (κ2) is 9.80. The fourth-order valence-electron chi connectivity index (χ4n) is 2.61. The Labute approximate surface area is 163 Å². The molecule has 5 heteroatoms. The molecule has 138 valence electrons. The van der Waals surface area contributed by atoms with E-state index in [1.807, 2.05) is 48.5 Å². The van der Waals surface area contributed by atoms with Crippen molar-refractivity contribution in [3.63, 3.8) is 0 Å². The molecule has 4 nitrogen and oxygen atoms in total. The van der Waals surface area contributed by atoms with E-state index in [-0.39, 0.29) is 5.91 Å². The summed E-state index contributed by atoms with van der Waals surface area (Å²) < 4.78 is 5.14. The van der Waals surface area contributed by atoms with Gasteiger partial charge in [0.1, 0.15) is 0 Å². The number of rotatable bonds is 8. The van der Waals surface area contributed by atoms with Crippen LogP contribution in [0.25, 0.3) is 16.5 Å². The molecule has 0 aliphatic rings. The summed E-state index contributed by atoms with van der Waals surface area (Å²) in [4.78, 5) is 21.0. The van der Waals surface area contributed by atoms with E-state index in [2.05, 4.69) is 23.2 Å². The van der Waals surface area contributed by atoms with Crippen LogP contribution in [-0.2, 0) is 16.1 Å². The van der Waals surface area contributed by atoms with Crippen molar-refractivity contribution in [1.29, 1.82) is 0 Å². The van der Waals surface area contributed by atoms with E-state index in [9.17, 15) is 4.79 Å². The molecule has 0 fully saturated rings. The molecule has 0 saturated heterocycles. The van der Waals surface area contributed by atoms with Crippen LogP contribution in [0.5, 0.6) is 0 Å². The number of carbonyl (C=O) groups is 1. The first-order valence-corrected chi connectivity index (χ1v) is 9.59. The van der Waals surface area contributed by atoms with Gasteiger partial charge >= 0.3 is 0 Å². The van der Waals surface area contributed by atoms with Crippen LogP contribution in [0.4, 0.5) is 0 Å². The lowest BCUT2D eigenvalue weighted by Gasteiger charge is -2.20. The monoisotopic (exact) mass is 378 g/mol. The van der Waals surface area contributed by atoms with E-state index in [1.54, 1.807) is 35.6 Å². The maximum atomic E-state index is 12.7. The fraction of sp³-hybridized carbons (Fsp3) is 0.182. The van der Waals surface area contributed by atoms with Crippen LogP contribution in [0.2, 0.25) is 0 Å². The predicted octanol–water partition coefficient (Wildman–Crippen LogP) is 4.50. The molecule has 3 rings (SSSR count). The van der Waals surface area contributed by atoms with Gasteiger partial charge in [0.2, 0.25) is 5.91 Å². The predicted molar refractivity (Wildman–Crippen MR) is 110 cm³/mol. The molecule has 0 atom stereocenters. The van der Waals surface area contributed by atoms with Crippen molar-refractivity contribution in [2.45, 2.75) is 6.54 Å². The van der Waals surface area contributed by atoms with Gasteiger partial charge in [-0.3, -0.25) is 9.78 Å². The summed E-state index contributed by atoms with van der Waals surface area (Å²) in [6.45, 7) is 1.48. The number of pyridine rings is 1. The number of nitrogens with zero attached hydrogens (tertiary/aromatic N) is 2. The molecular weight excluding hydrogens is 356 g/mol. The van der Waals surface area contributed by atoms with Crippen LogP contribution in [0, 0.1) is 0 Å². The maximum absolute atomic E-state index is 12.7. The molecule has 2 heterocycles. The van der Waals surface area contributed by atoms with Gasteiger partial charge in [-0.1, -0.05) is 36.4 Å². The number of aromatic nitrogens is 1. The summed E-state index contributed by atoms with van der Waals surface area (Å²) in [6, 6.07) is 20.1. The number of thiophene rings is 1. The Kier molecular flexibility index (Phi) is 6.90. The van der Waals surface area contributed by atoms with Crippen LogP contribution >= 0.6 is 11.3 Å². The van der Waals surface area contributed by atoms with Crippen LogP contribution in [0.15, 0.2) is 72.9 Å². The molecule has 0 N–H and O–H groups in total. The Morgan fingerprint density at radius 3 is 2.67 bits per heavy atom. The number of ether oxygens (including phenoxy) is 1. The normalized spacial score (nSPS) is 11.0. The third kappa shape index (κ3) is 5.61. The standard InChI is InChI=1S/C22H22N2O2S/c1-26-16-15-24(17-19-9-5-6-14-23-19)22(25)13-11-20-10-12-21(27-20)18-7-3-2-4-8-18/h2-14H,15-17H2,1H3. The fourth-order valence-corrected chi connectivity index (χ4v) is 3.53. The Bertz CT molecular complexity index is 876. The van der Waals surface area contributed by atoms with Gasteiger partial charge < -0.3 is 9.64 Å². The topological polar surface area (TPSA) is 42.4 Å². The van der Waals surface area contributed by atoms with Crippen molar-refractivity contribution in [3.8, 4) is 10.4 Å². The summed E-state index contributed by atoms with van der Waals surface area (Å²) in [5.41, 5.74) is 2.04. The molecular formula is C22H22N2O2S. The third-order valence-electron chi connectivity index (χ3n) is 4.03. The van der Waals surface area contributed by atoms with Crippen molar-refractivity contribution in [3.05, 3.63) is 83.5 Å². The minimum atomic E-state index is -0.0487. The Hall–Kier alpha value is -2.76. The van der Waals surface area contributed by atoms with E-state index < -0.39 is 0 Å². The summed E-state index contributed by atoms with van der Waals surface area (Å²) in [5, 5.41) is 0. The molecule has 3 aromatic rings. The average Bonchev–Trinajstić information content (AvgIpc) is 3.20. The van der Waals surface area contributed by atoms with E-state index in [0.717, 1.165) is 10.6 Å². The first-order chi connectivity index (χ1) is 13.3. The number of amides is 1. The molecule has 27 heavy (non-hydrogen) atoms. The summed E-state index contributed by atoms with van der Waals surface area (Å²) in [5.74, 6) is -0.0487. The molecule has 0 radical (unpaired) electrons. The summed E-state index contributed by atoms with van der Waals surface area (Å²) in [7, 11) is 1.63. The van der Waals surface area contributed by atoms with E-state index in [4.69, 9.17) is 4.74 Å². The highest BCUT2D eigenvalue weighted by atomic mass is 32.1. The molecule has 0 unspecified atom stereocenters. The molecule has 0 bridgehead atoms. The van der Waals surface area contributed by atoms with Crippen LogP contribution in [0.3, 0.4) is 0 Å². The van der Waals surface area contributed by atoms with Gasteiger partial charge in [0.25, 0.3) is 0 Å². The van der Waals surface area contributed by atoms with Crippen LogP contribution < -0.4 is 0 Å². The Balaban J connectivity index is 1.68.